The summed E-state index contributed by atoms with van der Waals surface area (Å²) in [6.07, 6.45) is 3.15. The lowest BCUT2D eigenvalue weighted by Gasteiger charge is -2.45. The van der Waals surface area contributed by atoms with Gasteiger partial charge in [-0.2, -0.15) is 5.10 Å². The number of aromatic nitrogens is 2. The Hall–Kier alpha value is -3.34. The van der Waals surface area contributed by atoms with E-state index in [1.807, 2.05) is 34.6 Å². The molecule has 11 heteroatoms. The number of hydrogen-bond acceptors (Lipinski definition) is 7. The number of primary amides is 1. The molecule has 3 amide bonds. The van der Waals surface area contributed by atoms with Crippen molar-refractivity contribution < 1.29 is 19.1 Å². The normalized spacial score (nSPS) is 18.3. The number of carbonyl (C=O) groups excluding carboxylic acids is 3. The fraction of sp³-hybridized carbons (Fsp3) is 0.524. The molecule has 2 aromatic heterocycles. The highest BCUT2D eigenvalue weighted by molar-refractivity contribution is 6.03. The van der Waals surface area contributed by atoms with Crippen molar-refractivity contribution in [2.75, 3.05) is 18.4 Å². The summed E-state index contributed by atoms with van der Waals surface area (Å²) in [5.74, 6) is 4.12. The van der Waals surface area contributed by atoms with Gasteiger partial charge in [0, 0.05) is 30.7 Å². The number of anilines is 1. The molecule has 0 bridgehead atoms. The van der Waals surface area contributed by atoms with E-state index < -0.39 is 17.4 Å². The minimum absolute atomic E-state index is 0.0906. The first kappa shape index (κ1) is 23.3. The van der Waals surface area contributed by atoms with Crippen LogP contribution in [0.4, 0.5) is 10.5 Å². The molecule has 174 valence electrons. The number of ether oxygens (including phenoxy) is 1. The van der Waals surface area contributed by atoms with Crippen LogP contribution >= 0.6 is 0 Å². The maximum Gasteiger partial charge on any atom is 0.410 e. The highest BCUT2D eigenvalue weighted by Crippen LogP contribution is 2.34. The Labute approximate surface area is 186 Å². The van der Waals surface area contributed by atoms with Crippen LogP contribution in [0.1, 0.15) is 61.8 Å². The van der Waals surface area contributed by atoms with E-state index in [1.54, 1.807) is 11.0 Å². The van der Waals surface area contributed by atoms with Gasteiger partial charge in [-0.3, -0.25) is 15.0 Å². The Morgan fingerprint density at radius 2 is 1.97 bits per heavy atom. The Morgan fingerprint density at radius 1 is 1.28 bits per heavy atom. The van der Waals surface area contributed by atoms with Gasteiger partial charge in [0.1, 0.15) is 5.60 Å². The Morgan fingerprint density at radius 3 is 2.53 bits per heavy atom. The minimum atomic E-state index is -0.641. The standard InChI is InChI=1S/C21H31N7O4/c1-20(2,3)32-19(31)27-7-6-15(21(4,5)11-27)25-16-13(17(22)29)9-24-28-10-12(8-14(16)28)18(30)26-23/h8-10,15,25H,6-7,11,23H2,1-5H3,(H2,22,29)(H,26,30). The van der Waals surface area contributed by atoms with Crippen LogP contribution in [-0.4, -0.2) is 57.2 Å². The average molecular weight is 446 g/mol. The number of carbonyl (C=O) groups is 3. The molecule has 1 saturated heterocycles. The lowest BCUT2D eigenvalue weighted by Crippen LogP contribution is -2.54. The molecule has 0 aromatic carbocycles. The third-order valence-corrected chi connectivity index (χ3v) is 5.50. The zero-order valence-electron chi connectivity index (χ0n) is 19.1. The molecule has 32 heavy (non-hydrogen) atoms. The van der Waals surface area contributed by atoms with E-state index in [9.17, 15) is 14.4 Å². The SMILES string of the molecule is CC(C)(C)OC(=O)N1CCC(Nc2c(C(N)=O)cnn3cc(C(=O)NN)cc23)C(C)(C)C1. The van der Waals surface area contributed by atoms with Crippen molar-refractivity contribution in [2.45, 2.75) is 52.7 Å². The van der Waals surface area contributed by atoms with Gasteiger partial charge in [0.2, 0.25) is 0 Å². The zero-order chi connectivity index (χ0) is 23.8. The maximum absolute atomic E-state index is 12.5. The summed E-state index contributed by atoms with van der Waals surface area (Å²) < 4.78 is 7.00. The summed E-state index contributed by atoms with van der Waals surface area (Å²) in [7, 11) is 0. The summed E-state index contributed by atoms with van der Waals surface area (Å²) in [5, 5.41) is 7.62. The number of nitrogens with one attached hydrogen (secondary N) is 2. The molecule has 1 aliphatic heterocycles. The average Bonchev–Trinajstić information content (AvgIpc) is 3.11. The van der Waals surface area contributed by atoms with Crippen LogP contribution in [-0.2, 0) is 4.74 Å². The monoisotopic (exact) mass is 445 g/mol. The predicted molar refractivity (Wildman–Crippen MR) is 119 cm³/mol. The molecule has 6 N–H and O–H groups in total. The number of rotatable bonds is 4. The van der Waals surface area contributed by atoms with Gasteiger partial charge in [-0.15, -0.1) is 0 Å². The Kier molecular flexibility index (Phi) is 6.05. The summed E-state index contributed by atoms with van der Waals surface area (Å²) >= 11 is 0. The fourth-order valence-electron chi connectivity index (χ4n) is 3.88. The van der Waals surface area contributed by atoms with E-state index in [0.717, 1.165) is 0 Å². The van der Waals surface area contributed by atoms with Crippen LogP contribution in [0, 0.1) is 5.41 Å². The second kappa shape index (κ2) is 8.30. The molecule has 3 heterocycles. The smallest absolute Gasteiger partial charge is 0.410 e. The van der Waals surface area contributed by atoms with E-state index in [4.69, 9.17) is 16.3 Å². The van der Waals surface area contributed by atoms with Gasteiger partial charge in [0.15, 0.2) is 0 Å². The highest BCUT2D eigenvalue weighted by atomic mass is 16.6. The van der Waals surface area contributed by atoms with Crippen LogP contribution < -0.4 is 22.3 Å². The van der Waals surface area contributed by atoms with Gasteiger partial charge >= 0.3 is 6.09 Å². The number of piperidine rings is 1. The molecule has 0 aliphatic carbocycles. The third-order valence-electron chi connectivity index (χ3n) is 5.50. The second-order valence-corrected chi connectivity index (χ2v) is 9.71. The lowest BCUT2D eigenvalue weighted by molar-refractivity contribution is 0.00691. The van der Waals surface area contributed by atoms with Gasteiger partial charge in [-0.05, 0) is 33.3 Å². The largest absolute Gasteiger partial charge is 0.444 e. The third kappa shape index (κ3) is 4.77. The quantitative estimate of drug-likeness (QED) is 0.315. The number of nitrogens with zero attached hydrogens (tertiary/aromatic N) is 3. The number of nitrogen functional groups attached to an aromatic ring is 1. The number of hydrazine groups is 1. The lowest BCUT2D eigenvalue weighted by atomic mass is 9.79. The molecular formula is C21H31N7O4. The van der Waals surface area contributed by atoms with Crippen molar-refractivity contribution >= 4 is 29.1 Å². The molecule has 2 aromatic rings. The van der Waals surface area contributed by atoms with E-state index in [1.165, 1.54) is 16.9 Å². The molecule has 1 atom stereocenters. The Bertz CT molecular complexity index is 1050. The second-order valence-electron chi connectivity index (χ2n) is 9.71. The maximum atomic E-state index is 12.5. The highest BCUT2D eigenvalue weighted by Gasteiger charge is 2.39. The number of hydrogen-bond donors (Lipinski definition) is 4. The van der Waals surface area contributed by atoms with Crippen LogP contribution in [0.15, 0.2) is 18.5 Å². The van der Waals surface area contributed by atoms with Crippen molar-refractivity contribution in [1.82, 2.24) is 19.9 Å². The summed E-state index contributed by atoms with van der Waals surface area (Å²) in [6, 6.07) is 1.50. The van der Waals surface area contributed by atoms with Crippen molar-refractivity contribution in [3.63, 3.8) is 0 Å². The Balaban J connectivity index is 1.91. The van der Waals surface area contributed by atoms with Crippen LogP contribution in [0.3, 0.4) is 0 Å². The molecule has 0 radical (unpaired) electrons. The van der Waals surface area contributed by atoms with E-state index in [-0.39, 0.29) is 23.1 Å². The zero-order valence-corrected chi connectivity index (χ0v) is 19.1. The van der Waals surface area contributed by atoms with Crippen LogP contribution in [0.25, 0.3) is 5.52 Å². The van der Waals surface area contributed by atoms with Gasteiger partial charge in [0.25, 0.3) is 11.8 Å². The van der Waals surface area contributed by atoms with Crippen molar-refractivity contribution in [1.29, 1.82) is 0 Å². The molecule has 0 saturated carbocycles. The van der Waals surface area contributed by atoms with Gasteiger partial charge in [-0.25, -0.2) is 15.2 Å². The van der Waals surface area contributed by atoms with E-state index >= 15 is 0 Å². The molecule has 1 fully saturated rings. The number of amides is 3. The van der Waals surface area contributed by atoms with E-state index in [0.29, 0.717) is 36.3 Å². The number of fused-ring (bicyclic) bond motifs is 1. The summed E-state index contributed by atoms with van der Waals surface area (Å²) in [6.45, 7) is 10.5. The van der Waals surface area contributed by atoms with E-state index in [2.05, 4.69) is 15.8 Å². The molecule has 11 nitrogen and oxygen atoms in total. The predicted octanol–water partition coefficient (Wildman–Crippen LogP) is 1.48. The van der Waals surface area contributed by atoms with Crippen molar-refractivity contribution in [2.24, 2.45) is 17.0 Å². The fourth-order valence-corrected chi connectivity index (χ4v) is 3.88. The first-order chi connectivity index (χ1) is 14.8. The molecule has 1 unspecified atom stereocenters. The minimum Gasteiger partial charge on any atom is -0.444 e. The number of likely N-dealkylation sites (tertiary alicyclic amines) is 1. The summed E-state index contributed by atoms with van der Waals surface area (Å²) in [5.41, 5.74) is 8.26. The summed E-state index contributed by atoms with van der Waals surface area (Å²) in [4.78, 5) is 38.3. The van der Waals surface area contributed by atoms with Gasteiger partial charge < -0.3 is 20.7 Å². The van der Waals surface area contributed by atoms with Crippen molar-refractivity contribution in [3.8, 4) is 0 Å². The molecule has 1 aliphatic rings. The van der Waals surface area contributed by atoms with Gasteiger partial charge in [0.05, 0.1) is 28.5 Å². The first-order valence-corrected chi connectivity index (χ1v) is 10.4. The van der Waals surface area contributed by atoms with Crippen LogP contribution in [0.2, 0.25) is 0 Å². The molecular weight excluding hydrogens is 414 g/mol. The van der Waals surface area contributed by atoms with Gasteiger partial charge in [-0.1, -0.05) is 13.8 Å². The molecule has 3 rings (SSSR count). The van der Waals surface area contributed by atoms with Crippen molar-refractivity contribution in [3.05, 3.63) is 29.6 Å². The molecule has 0 spiro atoms. The van der Waals surface area contributed by atoms with Crippen LogP contribution in [0.5, 0.6) is 0 Å². The number of nitrogens with two attached hydrogens (primary N) is 2. The topological polar surface area (TPSA) is 157 Å². The first-order valence-electron chi connectivity index (χ1n) is 10.4.